The van der Waals surface area contributed by atoms with Crippen molar-refractivity contribution in [2.45, 2.75) is 58.9 Å². The van der Waals surface area contributed by atoms with Crippen LogP contribution in [0.5, 0.6) is 0 Å². The first kappa shape index (κ1) is 19.3. The van der Waals surface area contributed by atoms with Crippen LogP contribution >= 0.6 is 0 Å². The first-order chi connectivity index (χ1) is 12.9. The number of H-pyrrole nitrogens is 1. The highest BCUT2D eigenvalue weighted by Crippen LogP contribution is 2.38. The SMILES string of the molecule is CCC(NC(=O)C1CCC(C)(C)CC1)c1nnc(-c2ccccc2)[nH]c1=O. The number of nitrogens with zero attached hydrogens (tertiary/aromatic N) is 2. The van der Waals surface area contributed by atoms with Crippen LogP contribution in [0.4, 0.5) is 0 Å². The summed E-state index contributed by atoms with van der Waals surface area (Å²) >= 11 is 0. The lowest BCUT2D eigenvalue weighted by molar-refractivity contribution is -0.127. The second kappa shape index (κ2) is 8.03. The van der Waals surface area contributed by atoms with Gasteiger partial charge in [-0.3, -0.25) is 9.59 Å². The predicted molar refractivity (Wildman–Crippen MR) is 105 cm³/mol. The molecule has 2 N–H and O–H groups in total. The fourth-order valence-electron chi connectivity index (χ4n) is 3.61. The number of aromatic nitrogens is 3. The number of hydrogen-bond acceptors (Lipinski definition) is 4. The highest BCUT2D eigenvalue weighted by Gasteiger charge is 2.32. The van der Waals surface area contributed by atoms with E-state index in [0.29, 0.717) is 17.7 Å². The fourth-order valence-corrected chi connectivity index (χ4v) is 3.61. The van der Waals surface area contributed by atoms with E-state index in [1.807, 2.05) is 37.3 Å². The Labute approximate surface area is 159 Å². The first-order valence-corrected chi connectivity index (χ1v) is 9.72. The highest BCUT2D eigenvalue weighted by molar-refractivity contribution is 5.79. The summed E-state index contributed by atoms with van der Waals surface area (Å²) in [7, 11) is 0. The van der Waals surface area contributed by atoms with E-state index in [2.05, 4.69) is 34.3 Å². The van der Waals surface area contributed by atoms with Crippen molar-refractivity contribution in [3.05, 3.63) is 46.4 Å². The minimum absolute atomic E-state index is 0.0164. The number of hydrogen-bond donors (Lipinski definition) is 2. The van der Waals surface area contributed by atoms with E-state index in [-0.39, 0.29) is 23.1 Å². The van der Waals surface area contributed by atoms with Gasteiger partial charge in [-0.15, -0.1) is 10.2 Å². The molecule has 1 aliphatic rings. The van der Waals surface area contributed by atoms with Gasteiger partial charge in [0.25, 0.3) is 5.56 Å². The maximum atomic E-state index is 12.7. The standard InChI is InChI=1S/C21H28N4O2/c1-4-16(22-19(26)15-10-12-21(2,3)13-11-15)17-20(27)23-18(25-24-17)14-8-6-5-7-9-14/h5-9,15-16H,4,10-13H2,1-3H3,(H,22,26)(H,23,25,27). The molecule has 1 aromatic carbocycles. The van der Waals surface area contributed by atoms with Crippen molar-refractivity contribution in [1.29, 1.82) is 0 Å². The van der Waals surface area contributed by atoms with Gasteiger partial charge in [0.15, 0.2) is 11.5 Å². The second-order valence-electron chi connectivity index (χ2n) is 8.16. The Kier molecular flexibility index (Phi) is 5.73. The molecule has 1 unspecified atom stereocenters. The largest absolute Gasteiger partial charge is 0.347 e. The normalized spacial score (nSPS) is 18.0. The maximum Gasteiger partial charge on any atom is 0.275 e. The molecule has 0 saturated heterocycles. The number of aromatic amines is 1. The molecule has 1 aromatic heterocycles. The number of rotatable bonds is 5. The van der Waals surface area contributed by atoms with Crippen molar-refractivity contribution in [1.82, 2.24) is 20.5 Å². The minimum atomic E-state index is -0.423. The number of amides is 1. The Morgan fingerprint density at radius 1 is 1.22 bits per heavy atom. The molecule has 0 bridgehead atoms. The Hall–Kier alpha value is -2.50. The summed E-state index contributed by atoms with van der Waals surface area (Å²) in [6, 6.07) is 8.96. The summed E-state index contributed by atoms with van der Waals surface area (Å²) < 4.78 is 0. The van der Waals surface area contributed by atoms with Crippen LogP contribution in [0.3, 0.4) is 0 Å². The van der Waals surface area contributed by atoms with E-state index >= 15 is 0 Å². The third kappa shape index (κ3) is 4.62. The molecule has 1 saturated carbocycles. The van der Waals surface area contributed by atoms with Crippen molar-refractivity contribution >= 4 is 5.91 Å². The third-order valence-electron chi connectivity index (χ3n) is 5.53. The Balaban J connectivity index is 1.72. The van der Waals surface area contributed by atoms with Gasteiger partial charge < -0.3 is 10.3 Å². The molecule has 1 aliphatic carbocycles. The van der Waals surface area contributed by atoms with Crippen LogP contribution in [0, 0.1) is 11.3 Å². The van der Waals surface area contributed by atoms with Crippen LogP contribution in [0.15, 0.2) is 35.1 Å². The van der Waals surface area contributed by atoms with Crippen molar-refractivity contribution < 1.29 is 4.79 Å². The van der Waals surface area contributed by atoms with E-state index in [9.17, 15) is 9.59 Å². The average molecular weight is 368 g/mol. The first-order valence-electron chi connectivity index (χ1n) is 9.72. The zero-order valence-electron chi connectivity index (χ0n) is 16.3. The smallest absolute Gasteiger partial charge is 0.275 e. The molecular weight excluding hydrogens is 340 g/mol. The summed E-state index contributed by atoms with van der Waals surface area (Å²) in [5, 5.41) is 11.3. The number of benzene rings is 1. The van der Waals surface area contributed by atoms with Crippen molar-refractivity contribution in [3.8, 4) is 11.4 Å². The topological polar surface area (TPSA) is 87.7 Å². The lowest BCUT2D eigenvalue weighted by atomic mass is 9.73. The van der Waals surface area contributed by atoms with Gasteiger partial charge in [-0.2, -0.15) is 0 Å². The van der Waals surface area contributed by atoms with Gasteiger partial charge in [-0.25, -0.2) is 0 Å². The van der Waals surface area contributed by atoms with E-state index in [4.69, 9.17) is 0 Å². The van der Waals surface area contributed by atoms with Crippen LogP contribution in [0.2, 0.25) is 0 Å². The van der Waals surface area contributed by atoms with Crippen LogP contribution < -0.4 is 10.9 Å². The molecule has 1 atom stereocenters. The minimum Gasteiger partial charge on any atom is -0.347 e. The number of nitrogens with one attached hydrogen (secondary N) is 2. The molecule has 144 valence electrons. The van der Waals surface area contributed by atoms with Crippen LogP contribution in [-0.4, -0.2) is 21.1 Å². The zero-order chi connectivity index (χ0) is 19.4. The molecule has 0 spiro atoms. The van der Waals surface area contributed by atoms with Gasteiger partial charge in [-0.1, -0.05) is 51.1 Å². The molecule has 1 fully saturated rings. The summed E-state index contributed by atoms with van der Waals surface area (Å²) in [5.74, 6) is 0.466. The van der Waals surface area contributed by atoms with Gasteiger partial charge in [0.05, 0.1) is 6.04 Å². The predicted octanol–water partition coefficient (Wildman–Crippen LogP) is 3.62. The third-order valence-corrected chi connectivity index (χ3v) is 5.53. The van der Waals surface area contributed by atoms with Gasteiger partial charge in [0.2, 0.25) is 5.91 Å². The van der Waals surface area contributed by atoms with E-state index < -0.39 is 6.04 Å². The van der Waals surface area contributed by atoms with Gasteiger partial charge in [-0.05, 0) is 37.5 Å². The van der Waals surface area contributed by atoms with Crippen molar-refractivity contribution in [2.24, 2.45) is 11.3 Å². The average Bonchev–Trinajstić information content (AvgIpc) is 2.67. The monoisotopic (exact) mass is 368 g/mol. The lowest BCUT2D eigenvalue weighted by Crippen LogP contribution is -2.39. The van der Waals surface area contributed by atoms with Gasteiger partial charge in [0, 0.05) is 11.5 Å². The molecule has 0 aliphatic heterocycles. The summed E-state index contributed by atoms with van der Waals surface area (Å²) in [4.78, 5) is 28.0. The zero-order valence-corrected chi connectivity index (χ0v) is 16.3. The molecule has 6 heteroatoms. The van der Waals surface area contributed by atoms with E-state index in [1.165, 1.54) is 0 Å². The fraction of sp³-hybridized carbons (Fsp3) is 0.524. The van der Waals surface area contributed by atoms with E-state index in [1.54, 1.807) is 0 Å². The number of carbonyl (C=O) groups is 1. The highest BCUT2D eigenvalue weighted by atomic mass is 16.2. The molecule has 6 nitrogen and oxygen atoms in total. The molecule has 2 aromatic rings. The Morgan fingerprint density at radius 3 is 2.48 bits per heavy atom. The van der Waals surface area contributed by atoms with Crippen molar-refractivity contribution in [3.63, 3.8) is 0 Å². The Morgan fingerprint density at radius 2 is 1.89 bits per heavy atom. The van der Waals surface area contributed by atoms with Crippen LogP contribution in [0.25, 0.3) is 11.4 Å². The van der Waals surface area contributed by atoms with Crippen LogP contribution in [-0.2, 0) is 4.79 Å². The summed E-state index contributed by atoms with van der Waals surface area (Å²) in [5.41, 5.74) is 1.08. The summed E-state index contributed by atoms with van der Waals surface area (Å²) in [6.45, 7) is 6.43. The summed E-state index contributed by atoms with van der Waals surface area (Å²) in [6.07, 6.45) is 4.48. The molecule has 3 rings (SSSR count). The Bertz CT molecular complexity index is 835. The van der Waals surface area contributed by atoms with Gasteiger partial charge >= 0.3 is 0 Å². The molecule has 0 radical (unpaired) electrons. The van der Waals surface area contributed by atoms with E-state index in [0.717, 1.165) is 31.2 Å². The maximum absolute atomic E-state index is 12.7. The van der Waals surface area contributed by atoms with Gasteiger partial charge in [0.1, 0.15) is 0 Å². The molecule has 27 heavy (non-hydrogen) atoms. The molecule has 1 amide bonds. The second-order valence-corrected chi connectivity index (χ2v) is 8.16. The molecule has 1 heterocycles. The quantitative estimate of drug-likeness (QED) is 0.844. The number of carbonyl (C=O) groups excluding carboxylic acids is 1. The van der Waals surface area contributed by atoms with Crippen molar-refractivity contribution in [2.75, 3.05) is 0 Å². The molecular formula is C21H28N4O2. The van der Waals surface area contributed by atoms with Crippen LogP contribution in [0.1, 0.15) is 64.6 Å². The lowest BCUT2D eigenvalue weighted by Gasteiger charge is -2.34.